The third kappa shape index (κ3) is 3.41. The summed E-state index contributed by atoms with van der Waals surface area (Å²) < 4.78 is 2.32. The van der Waals surface area contributed by atoms with Gasteiger partial charge in [-0.1, -0.05) is 78.9 Å². The fourth-order valence-electron chi connectivity index (χ4n) is 5.55. The second-order valence-electron chi connectivity index (χ2n) is 9.34. The lowest BCUT2D eigenvalue weighted by Crippen LogP contribution is -2.10. The average molecular weight is 453 g/mol. The quantitative estimate of drug-likeness (QED) is 0.306. The summed E-state index contributed by atoms with van der Waals surface area (Å²) >= 11 is 0. The lowest BCUT2D eigenvalue weighted by atomic mass is 10.0. The van der Waals surface area contributed by atoms with Crippen LogP contribution in [-0.4, -0.2) is 19.5 Å². The third-order valence-electron chi connectivity index (χ3n) is 7.04. The van der Waals surface area contributed by atoms with Crippen molar-refractivity contribution in [3.05, 3.63) is 125 Å². The van der Waals surface area contributed by atoms with E-state index in [1.54, 1.807) is 0 Å². The largest absolute Gasteiger partial charge is 0.333 e. The third-order valence-corrected chi connectivity index (χ3v) is 7.04. The van der Waals surface area contributed by atoms with Crippen LogP contribution in [0.5, 0.6) is 0 Å². The maximum atomic E-state index is 4.91. The van der Waals surface area contributed by atoms with Crippen LogP contribution in [0.15, 0.2) is 91.0 Å². The molecule has 168 valence electrons. The smallest absolute Gasteiger partial charge is 0.152 e. The van der Waals surface area contributed by atoms with Gasteiger partial charge >= 0.3 is 0 Å². The Labute approximate surface area is 203 Å². The van der Waals surface area contributed by atoms with E-state index in [1.807, 2.05) is 6.92 Å². The van der Waals surface area contributed by atoms with E-state index in [9.17, 15) is 0 Å². The molecule has 35 heavy (non-hydrogen) atoms. The summed E-state index contributed by atoms with van der Waals surface area (Å²) in [6, 6.07) is 32.6. The molecule has 1 aliphatic carbocycles. The van der Waals surface area contributed by atoms with Crippen LogP contribution in [0.2, 0.25) is 0 Å². The van der Waals surface area contributed by atoms with Gasteiger partial charge in [0.1, 0.15) is 11.6 Å². The molecular weight excluding hydrogens is 428 g/mol. The van der Waals surface area contributed by atoms with Crippen molar-refractivity contribution < 1.29 is 0 Å². The van der Waals surface area contributed by atoms with Crippen LogP contribution in [-0.2, 0) is 19.4 Å². The fraction of sp³-hybridized carbons (Fsp3) is 0.129. The molecular formula is C31H24N4. The molecule has 0 radical (unpaired) electrons. The molecule has 0 spiro atoms. The zero-order chi connectivity index (χ0) is 23.4. The Bertz CT molecular complexity index is 1690. The van der Waals surface area contributed by atoms with Gasteiger partial charge in [0.25, 0.3) is 0 Å². The molecule has 4 nitrogen and oxygen atoms in total. The number of para-hydroxylation sites is 2. The topological polar surface area (TPSA) is 43.6 Å². The highest BCUT2D eigenvalue weighted by Gasteiger charge is 2.18. The lowest BCUT2D eigenvalue weighted by Gasteiger charge is -2.10. The van der Waals surface area contributed by atoms with Gasteiger partial charge in [-0.2, -0.15) is 0 Å². The molecule has 0 fully saturated rings. The van der Waals surface area contributed by atoms with E-state index >= 15 is 0 Å². The van der Waals surface area contributed by atoms with Crippen LogP contribution >= 0.6 is 0 Å². The van der Waals surface area contributed by atoms with Gasteiger partial charge in [0, 0.05) is 28.2 Å². The maximum absolute atomic E-state index is 4.91. The van der Waals surface area contributed by atoms with Gasteiger partial charge in [-0.15, -0.1) is 0 Å². The van der Waals surface area contributed by atoms with Gasteiger partial charge in [-0.05, 0) is 53.3 Å². The van der Waals surface area contributed by atoms with Crippen LogP contribution in [0, 0.1) is 6.92 Å². The lowest BCUT2D eigenvalue weighted by molar-refractivity contribution is 0.742. The number of aryl methyl sites for hydroxylation is 1. The van der Waals surface area contributed by atoms with Crippen molar-refractivity contribution in [2.24, 2.45) is 0 Å². The minimum Gasteiger partial charge on any atom is -0.333 e. The number of fused-ring (bicyclic) bond motifs is 6. The predicted octanol–water partition coefficient (Wildman–Crippen LogP) is 6.50. The molecule has 0 saturated heterocycles. The van der Waals surface area contributed by atoms with E-state index in [1.165, 1.54) is 49.6 Å². The average Bonchev–Trinajstić information content (AvgIpc) is 3.39. The molecule has 2 heterocycles. The molecule has 0 unspecified atom stereocenters. The summed E-state index contributed by atoms with van der Waals surface area (Å²) in [7, 11) is 0. The predicted molar refractivity (Wildman–Crippen MR) is 141 cm³/mol. The second-order valence-corrected chi connectivity index (χ2v) is 9.34. The summed E-state index contributed by atoms with van der Waals surface area (Å²) in [6.45, 7) is 2.57. The molecule has 0 amide bonds. The first-order valence-corrected chi connectivity index (χ1v) is 12.1. The molecule has 7 rings (SSSR count). The number of nitrogens with zero attached hydrogens (tertiary/aromatic N) is 4. The van der Waals surface area contributed by atoms with Crippen molar-refractivity contribution in [1.29, 1.82) is 0 Å². The van der Waals surface area contributed by atoms with Gasteiger partial charge in [0.15, 0.2) is 5.82 Å². The van der Waals surface area contributed by atoms with Crippen LogP contribution in [0.25, 0.3) is 32.9 Å². The standard InChI is InChI=1S/C31H24N4/c1-20-32-30(17-21-14-15-25-23(16-21)18-22-8-2-3-9-24(22)25)34-31(33-20)19-35-28-12-6-4-10-26(28)27-11-5-7-13-29(27)35/h2-16H,17-19H2,1H3. The van der Waals surface area contributed by atoms with Crippen molar-refractivity contribution in [3.63, 3.8) is 0 Å². The highest BCUT2D eigenvalue weighted by atomic mass is 15.1. The number of hydrogen-bond donors (Lipinski definition) is 0. The Balaban J connectivity index is 1.23. The minimum absolute atomic E-state index is 0.615. The van der Waals surface area contributed by atoms with E-state index in [2.05, 4.69) is 101 Å². The van der Waals surface area contributed by atoms with Crippen LogP contribution < -0.4 is 0 Å². The van der Waals surface area contributed by atoms with Gasteiger partial charge in [0.05, 0.1) is 6.54 Å². The van der Waals surface area contributed by atoms with Crippen LogP contribution in [0.3, 0.4) is 0 Å². The van der Waals surface area contributed by atoms with E-state index in [4.69, 9.17) is 9.97 Å². The summed E-state index contributed by atoms with van der Waals surface area (Å²) in [5.74, 6) is 2.38. The van der Waals surface area contributed by atoms with Crippen molar-refractivity contribution in [1.82, 2.24) is 19.5 Å². The summed E-state index contributed by atoms with van der Waals surface area (Å²) in [4.78, 5) is 14.3. The highest BCUT2D eigenvalue weighted by Crippen LogP contribution is 2.37. The molecule has 1 aliphatic rings. The van der Waals surface area contributed by atoms with Gasteiger partial charge < -0.3 is 4.57 Å². The van der Waals surface area contributed by atoms with Gasteiger partial charge in [-0.25, -0.2) is 15.0 Å². The van der Waals surface area contributed by atoms with Crippen molar-refractivity contribution in [2.75, 3.05) is 0 Å². The fourth-order valence-corrected chi connectivity index (χ4v) is 5.55. The van der Waals surface area contributed by atoms with Gasteiger partial charge in [0.2, 0.25) is 0 Å². The molecule has 0 N–H and O–H groups in total. The molecule has 4 heteroatoms. The number of benzene rings is 4. The van der Waals surface area contributed by atoms with E-state index in [0.717, 1.165) is 23.9 Å². The molecule has 0 saturated carbocycles. The van der Waals surface area contributed by atoms with Crippen molar-refractivity contribution in [3.8, 4) is 11.1 Å². The number of hydrogen-bond acceptors (Lipinski definition) is 3. The molecule has 6 aromatic rings. The van der Waals surface area contributed by atoms with Gasteiger partial charge in [-0.3, -0.25) is 0 Å². The monoisotopic (exact) mass is 452 g/mol. The second kappa shape index (κ2) is 7.88. The highest BCUT2D eigenvalue weighted by molar-refractivity contribution is 6.08. The minimum atomic E-state index is 0.615. The zero-order valence-electron chi connectivity index (χ0n) is 19.6. The Morgan fingerprint density at radius 1 is 0.657 bits per heavy atom. The summed E-state index contributed by atoms with van der Waals surface area (Å²) in [6.07, 6.45) is 1.70. The normalized spacial score (nSPS) is 12.3. The SMILES string of the molecule is Cc1nc(Cc2ccc3c(c2)Cc2ccccc2-3)nc(Cn2c3ccccc3c3ccccc32)n1. The zero-order valence-corrected chi connectivity index (χ0v) is 19.6. The van der Waals surface area contributed by atoms with Crippen LogP contribution in [0.4, 0.5) is 0 Å². The van der Waals surface area contributed by atoms with E-state index < -0.39 is 0 Å². The first-order chi connectivity index (χ1) is 17.2. The molecule has 0 aliphatic heterocycles. The number of aromatic nitrogens is 4. The molecule has 0 bridgehead atoms. The van der Waals surface area contributed by atoms with Crippen molar-refractivity contribution in [2.45, 2.75) is 26.3 Å². The number of rotatable bonds is 4. The summed E-state index contributed by atoms with van der Waals surface area (Å²) in [5, 5.41) is 2.52. The Kier molecular flexibility index (Phi) is 4.52. The maximum Gasteiger partial charge on any atom is 0.152 e. The molecule has 4 aromatic carbocycles. The van der Waals surface area contributed by atoms with E-state index in [0.29, 0.717) is 13.0 Å². The molecule has 0 atom stereocenters. The Morgan fingerprint density at radius 2 is 1.31 bits per heavy atom. The van der Waals surface area contributed by atoms with Crippen LogP contribution in [0.1, 0.15) is 34.2 Å². The summed E-state index contributed by atoms with van der Waals surface area (Å²) in [5.41, 5.74) is 9.15. The first kappa shape index (κ1) is 20.1. The molecule has 2 aromatic heterocycles. The first-order valence-electron chi connectivity index (χ1n) is 12.1. The van der Waals surface area contributed by atoms with E-state index in [-0.39, 0.29) is 0 Å². The van der Waals surface area contributed by atoms with Crippen molar-refractivity contribution >= 4 is 21.8 Å². The Hall–Kier alpha value is -4.31. The Morgan fingerprint density at radius 3 is 2.11 bits per heavy atom.